The van der Waals surface area contributed by atoms with E-state index in [0.717, 1.165) is 6.08 Å². The quantitative estimate of drug-likeness (QED) is 0.354. The first-order valence-corrected chi connectivity index (χ1v) is 7.67. The first kappa shape index (κ1) is 14.8. The second-order valence-corrected chi connectivity index (χ2v) is 5.60. The molecule has 0 N–H and O–H groups in total. The Balaban J connectivity index is 2.93. The fraction of sp³-hybridized carbons (Fsp3) is 0. The van der Waals surface area contributed by atoms with Crippen LogP contribution in [0.5, 0.6) is 0 Å². The number of benzene rings is 1. The molecule has 0 unspecified atom stereocenters. The summed E-state index contributed by atoms with van der Waals surface area (Å²) in [5.74, 6) is 0. The van der Waals surface area contributed by atoms with Crippen LogP contribution in [0, 0.1) is 0 Å². The van der Waals surface area contributed by atoms with Crippen molar-refractivity contribution in [1.82, 2.24) is 0 Å². The second kappa shape index (κ2) is 6.23. The molecular weight excluding hydrogens is 314 g/mol. The lowest BCUT2D eigenvalue weighted by atomic mass is 9.97. The van der Waals surface area contributed by atoms with Crippen LogP contribution < -0.4 is 0 Å². The van der Waals surface area contributed by atoms with Gasteiger partial charge in [-0.1, -0.05) is 41.5 Å². The van der Waals surface area contributed by atoms with Crippen LogP contribution in [-0.4, -0.2) is 26.6 Å². The number of hydrogen-bond acceptors (Lipinski definition) is 5. The summed E-state index contributed by atoms with van der Waals surface area (Å²) in [4.78, 5) is 1.61. The summed E-state index contributed by atoms with van der Waals surface area (Å²) in [6.45, 7) is 0. The molecule has 0 atom stereocenters. The van der Waals surface area contributed by atoms with Gasteiger partial charge < -0.3 is 0 Å². The standard InChI is InChI=1S/C12H7N3O4S2/c13-15-14-11-9(8-4-2-1-3-5-8)6-7-10(20(16)17)12(11)21(18)19/h1-7H. The summed E-state index contributed by atoms with van der Waals surface area (Å²) in [6.07, 6.45) is 2.56. The van der Waals surface area contributed by atoms with Gasteiger partial charge in [0.2, 0.25) is 20.6 Å². The lowest BCUT2D eigenvalue weighted by Gasteiger charge is -2.13. The molecule has 0 radical (unpaired) electrons. The van der Waals surface area contributed by atoms with Crippen molar-refractivity contribution in [2.45, 2.75) is 0 Å². The molecule has 1 aromatic carbocycles. The Labute approximate surface area is 122 Å². The molecule has 0 fully saturated rings. The van der Waals surface area contributed by atoms with E-state index in [2.05, 4.69) is 10.0 Å². The van der Waals surface area contributed by atoms with Crippen molar-refractivity contribution < 1.29 is 16.8 Å². The van der Waals surface area contributed by atoms with Crippen LogP contribution in [0.4, 0.5) is 0 Å². The minimum atomic E-state index is -2.87. The molecule has 1 aliphatic carbocycles. The van der Waals surface area contributed by atoms with Crippen LogP contribution in [0.25, 0.3) is 16.0 Å². The fourth-order valence-corrected chi connectivity index (χ4v) is 3.22. The Morgan fingerprint density at radius 1 is 0.952 bits per heavy atom. The van der Waals surface area contributed by atoms with Crippen molar-refractivity contribution in [2.75, 3.05) is 0 Å². The Morgan fingerprint density at radius 2 is 1.62 bits per heavy atom. The highest BCUT2D eigenvalue weighted by atomic mass is 32.2. The fourth-order valence-electron chi connectivity index (χ4n) is 1.84. The van der Waals surface area contributed by atoms with Crippen LogP contribution in [0.1, 0.15) is 5.56 Å². The Bertz CT molecular complexity index is 962. The molecule has 0 saturated heterocycles. The molecule has 0 bridgehead atoms. The molecule has 106 valence electrons. The van der Waals surface area contributed by atoms with E-state index in [4.69, 9.17) is 5.53 Å². The predicted molar refractivity (Wildman–Crippen MR) is 79.5 cm³/mol. The van der Waals surface area contributed by atoms with Gasteiger partial charge in [-0.05, 0) is 22.7 Å². The average Bonchev–Trinajstić information content (AvgIpc) is 2.47. The molecule has 0 amide bonds. The van der Waals surface area contributed by atoms with Crippen molar-refractivity contribution in [3.63, 3.8) is 0 Å². The van der Waals surface area contributed by atoms with Crippen LogP contribution >= 0.6 is 0 Å². The van der Waals surface area contributed by atoms with Crippen molar-refractivity contribution in [2.24, 2.45) is 5.11 Å². The molecule has 0 aliphatic heterocycles. The molecule has 1 aliphatic rings. The first-order valence-electron chi connectivity index (χ1n) is 5.52. The molecule has 7 nitrogen and oxygen atoms in total. The lowest BCUT2D eigenvalue weighted by Crippen LogP contribution is -2.20. The van der Waals surface area contributed by atoms with E-state index in [1.165, 1.54) is 6.08 Å². The summed E-state index contributed by atoms with van der Waals surface area (Å²) >= 11 is 0. The number of nitrogens with zero attached hydrogens (tertiary/aromatic N) is 3. The van der Waals surface area contributed by atoms with Gasteiger partial charge >= 0.3 is 0 Å². The van der Waals surface area contributed by atoms with E-state index in [9.17, 15) is 16.8 Å². The molecule has 21 heavy (non-hydrogen) atoms. The third-order valence-electron chi connectivity index (χ3n) is 2.67. The van der Waals surface area contributed by atoms with E-state index in [-0.39, 0.29) is 5.70 Å². The largest absolute Gasteiger partial charge is 0.223 e. The second-order valence-electron chi connectivity index (χ2n) is 3.81. The summed E-state index contributed by atoms with van der Waals surface area (Å²) in [7, 11) is -5.63. The van der Waals surface area contributed by atoms with E-state index in [1.54, 1.807) is 30.3 Å². The van der Waals surface area contributed by atoms with E-state index in [0.29, 0.717) is 11.1 Å². The highest BCUT2D eigenvalue weighted by molar-refractivity contribution is 7.83. The zero-order valence-corrected chi connectivity index (χ0v) is 12.0. The van der Waals surface area contributed by atoms with Gasteiger partial charge in [0, 0.05) is 4.91 Å². The molecule has 1 aromatic rings. The zero-order valence-electron chi connectivity index (χ0n) is 10.3. The smallest absolute Gasteiger partial charge is 0.184 e. The van der Waals surface area contributed by atoms with Crippen molar-refractivity contribution in [3.8, 4) is 0 Å². The van der Waals surface area contributed by atoms with E-state index >= 15 is 0 Å². The number of allylic oxidation sites excluding steroid dienone is 4. The van der Waals surface area contributed by atoms with E-state index < -0.39 is 30.3 Å². The van der Waals surface area contributed by atoms with Crippen LogP contribution in [-0.2, 0) is 20.6 Å². The minimum Gasteiger partial charge on any atom is -0.184 e. The number of hydrogen-bond donors (Lipinski definition) is 0. The summed E-state index contributed by atoms with van der Waals surface area (Å²) in [5, 5.41) is 3.36. The molecule has 0 aromatic heterocycles. The summed E-state index contributed by atoms with van der Waals surface area (Å²) in [5.41, 5.74) is 9.33. The average molecular weight is 321 g/mol. The third-order valence-corrected chi connectivity index (χ3v) is 4.25. The zero-order chi connectivity index (χ0) is 15.4. The molecule has 9 heteroatoms. The molecule has 0 heterocycles. The van der Waals surface area contributed by atoms with Gasteiger partial charge in [0.1, 0.15) is 9.73 Å². The van der Waals surface area contributed by atoms with Crippen molar-refractivity contribution in [1.29, 1.82) is 0 Å². The SMILES string of the molecule is [N-]=[N+]=NC1=C(c2ccccc2)C=CC(=S(=O)=O)C1=S(=O)=O. The number of azide groups is 1. The van der Waals surface area contributed by atoms with Gasteiger partial charge in [0.05, 0.1) is 5.70 Å². The Morgan fingerprint density at radius 3 is 2.14 bits per heavy atom. The molecule has 2 rings (SSSR count). The Kier molecular flexibility index (Phi) is 4.39. The van der Waals surface area contributed by atoms with Gasteiger partial charge in [0.15, 0.2) is 0 Å². The Hall–Kier alpha value is -2.61. The molecule has 0 saturated carbocycles. The maximum absolute atomic E-state index is 11.3. The third kappa shape index (κ3) is 2.95. The maximum Gasteiger partial charge on any atom is 0.223 e. The van der Waals surface area contributed by atoms with Gasteiger partial charge in [0.25, 0.3) is 0 Å². The van der Waals surface area contributed by atoms with Crippen molar-refractivity contribution in [3.05, 3.63) is 64.2 Å². The topological polar surface area (TPSA) is 117 Å². The van der Waals surface area contributed by atoms with E-state index in [1.807, 2.05) is 0 Å². The monoisotopic (exact) mass is 321 g/mol. The van der Waals surface area contributed by atoms with Crippen molar-refractivity contribution >= 4 is 35.9 Å². The van der Waals surface area contributed by atoms with Crippen LogP contribution in [0.3, 0.4) is 0 Å². The van der Waals surface area contributed by atoms with Gasteiger partial charge in [-0.15, -0.1) is 0 Å². The summed E-state index contributed by atoms with van der Waals surface area (Å²) in [6, 6.07) is 8.60. The summed E-state index contributed by atoms with van der Waals surface area (Å²) < 4.78 is 44.9. The number of rotatable bonds is 2. The predicted octanol–water partition coefficient (Wildman–Crippen LogP) is 1.38. The highest BCUT2D eigenvalue weighted by Gasteiger charge is 2.23. The van der Waals surface area contributed by atoms with Gasteiger partial charge in [-0.2, -0.15) is 16.8 Å². The normalized spacial score (nSPS) is 13.9. The molecule has 0 spiro atoms. The first-order chi connectivity index (χ1) is 10.1. The van der Waals surface area contributed by atoms with Crippen LogP contribution in [0.2, 0.25) is 0 Å². The maximum atomic E-state index is 11.3. The van der Waals surface area contributed by atoms with Crippen LogP contribution in [0.15, 0.2) is 53.3 Å². The molecular formula is C12H7N3O4S2. The highest BCUT2D eigenvalue weighted by Crippen LogP contribution is 2.26. The van der Waals surface area contributed by atoms with Gasteiger partial charge in [-0.3, -0.25) is 0 Å². The minimum absolute atomic E-state index is 0.237. The van der Waals surface area contributed by atoms with Gasteiger partial charge in [-0.25, -0.2) is 0 Å². The lowest BCUT2D eigenvalue weighted by molar-refractivity contribution is 0.625.